The van der Waals surface area contributed by atoms with E-state index in [1.165, 1.54) is 12.8 Å². The fourth-order valence-electron chi connectivity index (χ4n) is 1.42. The number of amides is 1. The predicted molar refractivity (Wildman–Crippen MR) is 65.8 cm³/mol. The van der Waals surface area contributed by atoms with E-state index in [0.717, 1.165) is 16.8 Å². The highest BCUT2D eigenvalue weighted by Gasteiger charge is 2.22. The molecule has 0 bridgehead atoms. The Morgan fingerprint density at radius 3 is 2.88 bits per heavy atom. The molecule has 1 saturated carbocycles. The number of ether oxygens (including phenoxy) is 1. The second-order valence-electron chi connectivity index (χ2n) is 4.01. The molecule has 1 aliphatic rings. The van der Waals surface area contributed by atoms with Crippen molar-refractivity contribution >= 4 is 21.8 Å². The van der Waals surface area contributed by atoms with Gasteiger partial charge in [0.2, 0.25) is 0 Å². The van der Waals surface area contributed by atoms with E-state index in [0.29, 0.717) is 11.5 Å². The van der Waals surface area contributed by atoms with E-state index >= 15 is 0 Å². The van der Waals surface area contributed by atoms with Gasteiger partial charge in [0.15, 0.2) is 0 Å². The highest BCUT2D eigenvalue weighted by molar-refractivity contribution is 9.10. The van der Waals surface area contributed by atoms with Crippen molar-refractivity contribution in [2.24, 2.45) is 5.92 Å². The van der Waals surface area contributed by atoms with Crippen LogP contribution in [0.25, 0.3) is 0 Å². The zero-order valence-corrected chi connectivity index (χ0v) is 10.7. The lowest BCUT2D eigenvalue weighted by Gasteiger charge is -2.08. The largest absolute Gasteiger partial charge is 0.493 e. The number of nitrogens with one attached hydrogen (secondary N) is 1. The van der Waals surface area contributed by atoms with Crippen LogP contribution in [0, 0.1) is 5.92 Å². The summed E-state index contributed by atoms with van der Waals surface area (Å²) in [5, 5.41) is 2.60. The van der Waals surface area contributed by atoms with Gasteiger partial charge in [-0.15, -0.1) is 0 Å². The third-order valence-corrected chi connectivity index (χ3v) is 3.00. The standard InChI is InChI=1S/C12H14BrNO2/c1-14-12(15)9-4-10(13)6-11(5-9)16-7-8-2-3-8/h4-6,8H,2-3,7H2,1H3,(H,14,15). The van der Waals surface area contributed by atoms with E-state index in [4.69, 9.17) is 4.74 Å². The molecule has 0 atom stereocenters. The van der Waals surface area contributed by atoms with Gasteiger partial charge in [0.05, 0.1) is 6.61 Å². The Morgan fingerprint density at radius 1 is 1.50 bits per heavy atom. The van der Waals surface area contributed by atoms with Crippen LogP contribution >= 0.6 is 15.9 Å². The molecule has 3 nitrogen and oxygen atoms in total. The molecule has 1 fully saturated rings. The summed E-state index contributed by atoms with van der Waals surface area (Å²) >= 11 is 3.37. The average molecular weight is 284 g/mol. The topological polar surface area (TPSA) is 38.3 Å². The maximum Gasteiger partial charge on any atom is 0.251 e. The third kappa shape index (κ3) is 2.98. The summed E-state index contributed by atoms with van der Waals surface area (Å²) in [7, 11) is 1.62. The van der Waals surface area contributed by atoms with Gasteiger partial charge >= 0.3 is 0 Å². The summed E-state index contributed by atoms with van der Waals surface area (Å²) < 4.78 is 6.50. The van der Waals surface area contributed by atoms with Gasteiger partial charge < -0.3 is 10.1 Å². The lowest BCUT2D eigenvalue weighted by Crippen LogP contribution is -2.17. The Kier molecular flexibility index (Phi) is 3.49. The van der Waals surface area contributed by atoms with Gasteiger partial charge in [0.1, 0.15) is 5.75 Å². The van der Waals surface area contributed by atoms with E-state index in [2.05, 4.69) is 21.2 Å². The van der Waals surface area contributed by atoms with Crippen molar-refractivity contribution in [2.45, 2.75) is 12.8 Å². The SMILES string of the molecule is CNC(=O)c1cc(Br)cc(OCC2CC2)c1. The number of hydrogen-bond acceptors (Lipinski definition) is 2. The van der Waals surface area contributed by atoms with Crippen LogP contribution in [0.1, 0.15) is 23.2 Å². The molecule has 86 valence electrons. The van der Waals surface area contributed by atoms with Crippen molar-refractivity contribution in [3.63, 3.8) is 0 Å². The first kappa shape index (κ1) is 11.5. The molecule has 1 aromatic carbocycles. The van der Waals surface area contributed by atoms with Gasteiger partial charge in [0, 0.05) is 17.1 Å². The first-order chi connectivity index (χ1) is 7.69. The highest BCUT2D eigenvalue weighted by Crippen LogP contribution is 2.30. The molecular formula is C12H14BrNO2. The zero-order valence-electron chi connectivity index (χ0n) is 9.13. The van der Waals surface area contributed by atoms with Gasteiger partial charge in [-0.25, -0.2) is 0 Å². The highest BCUT2D eigenvalue weighted by atomic mass is 79.9. The molecule has 0 spiro atoms. The van der Waals surface area contributed by atoms with Crippen molar-refractivity contribution in [1.82, 2.24) is 5.32 Å². The first-order valence-electron chi connectivity index (χ1n) is 5.34. The van der Waals surface area contributed by atoms with E-state index in [9.17, 15) is 4.79 Å². The maximum atomic E-state index is 11.5. The molecule has 0 aliphatic heterocycles. The van der Waals surface area contributed by atoms with Crippen LogP contribution in [0.3, 0.4) is 0 Å². The van der Waals surface area contributed by atoms with Crippen LogP contribution in [0.5, 0.6) is 5.75 Å². The number of carbonyl (C=O) groups excluding carboxylic acids is 1. The minimum absolute atomic E-state index is 0.0995. The summed E-state index contributed by atoms with van der Waals surface area (Å²) in [5.41, 5.74) is 0.614. The normalized spacial score (nSPS) is 14.6. The van der Waals surface area contributed by atoms with Gasteiger partial charge in [-0.1, -0.05) is 15.9 Å². The molecule has 1 aromatic rings. The van der Waals surface area contributed by atoms with Crippen molar-refractivity contribution in [2.75, 3.05) is 13.7 Å². The zero-order chi connectivity index (χ0) is 11.5. The van der Waals surface area contributed by atoms with E-state index in [-0.39, 0.29) is 5.91 Å². The summed E-state index contributed by atoms with van der Waals surface area (Å²) in [6.07, 6.45) is 2.52. The Labute approximate surface area is 103 Å². The molecule has 0 heterocycles. The quantitative estimate of drug-likeness (QED) is 0.923. The monoisotopic (exact) mass is 283 g/mol. The molecule has 4 heteroatoms. The fraction of sp³-hybridized carbons (Fsp3) is 0.417. The van der Waals surface area contributed by atoms with Crippen LogP contribution in [0.15, 0.2) is 22.7 Å². The van der Waals surface area contributed by atoms with E-state index in [1.807, 2.05) is 6.07 Å². The molecule has 16 heavy (non-hydrogen) atoms. The minimum Gasteiger partial charge on any atom is -0.493 e. The lowest BCUT2D eigenvalue weighted by molar-refractivity contribution is 0.0962. The smallest absolute Gasteiger partial charge is 0.251 e. The Morgan fingerprint density at radius 2 is 2.25 bits per heavy atom. The number of carbonyl (C=O) groups is 1. The van der Waals surface area contributed by atoms with Crippen LogP contribution in [-0.2, 0) is 0 Å². The van der Waals surface area contributed by atoms with E-state index in [1.54, 1.807) is 19.2 Å². The molecule has 1 N–H and O–H groups in total. The maximum absolute atomic E-state index is 11.5. The molecule has 0 unspecified atom stereocenters. The van der Waals surface area contributed by atoms with Crippen molar-refractivity contribution in [3.8, 4) is 5.75 Å². The van der Waals surface area contributed by atoms with Gasteiger partial charge in [0.25, 0.3) is 5.91 Å². The molecule has 2 rings (SSSR count). The second-order valence-corrected chi connectivity index (χ2v) is 4.92. The minimum atomic E-state index is -0.0995. The van der Waals surface area contributed by atoms with Crippen LogP contribution < -0.4 is 10.1 Å². The summed E-state index contributed by atoms with van der Waals surface area (Å²) in [5.74, 6) is 1.36. The van der Waals surface area contributed by atoms with Gasteiger partial charge in [-0.05, 0) is 37.0 Å². The Hall–Kier alpha value is -1.03. The van der Waals surface area contributed by atoms with Gasteiger partial charge in [-0.3, -0.25) is 4.79 Å². The Bertz CT molecular complexity index is 402. The number of rotatable bonds is 4. The molecule has 0 saturated heterocycles. The summed E-state index contributed by atoms with van der Waals surface area (Å²) in [6.45, 7) is 0.754. The van der Waals surface area contributed by atoms with Crippen molar-refractivity contribution in [3.05, 3.63) is 28.2 Å². The molecule has 1 aliphatic carbocycles. The first-order valence-corrected chi connectivity index (χ1v) is 6.14. The molecule has 0 radical (unpaired) electrons. The predicted octanol–water partition coefficient (Wildman–Crippen LogP) is 2.60. The van der Waals surface area contributed by atoms with Crippen LogP contribution in [0.2, 0.25) is 0 Å². The van der Waals surface area contributed by atoms with Gasteiger partial charge in [-0.2, -0.15) is 0 Å². The summed E-state index contributed by atoms with van der Waals surface area (Å²) in [6, 6.07) is 5.43. The lowest BCUT2D eigenvalue weighted by atomic mass is 10.2. The number of hydrogen-bond donors (Lipinski definition) is 1. The fourth-order valence-corrected chi connectivity index (χ4v) is 1.89. The molecule has 1 amide bonds. The molecule has 0 aromatic heterocycles. The number of benzene rings is 1. The third-order valence-electron chi connectivity index (χ3n) is 2.54. The second kappa shape index (κ2) is 4.87. The number of halogens is 1. The van der Waals surface area contributed by atoms with Crippen LogP contribution in [0.4, 0.5) is 0 Å². The average Bonchev–Trinajstić information content (AvgIpc) is 3.08. The Balaban J connectivity index is 2.10. The van der Waals surface area contributed by atoms with E-state index < -0.39 is 0 Å². The van der Waals surface area contributed by atoms with Crippen molar-refractivity contribution < 1.29 is 9.53 Å². The van der Waals surface area contributed by atoms with Crippen molar-refractivity contribution in [1.29, 1.82) is 0 Å². The summed E-state index contributed by atoms with van der Waals surface area (Å²) in [4.78, 5) is 11.5. The van der Waals surface area contributed by atoms with Crippen LogP contribution in [-0.4, -0.2) is 19.6 Å². The molecular weight excluding hydrogens is 270 g/mol.